The van der Waals surface area contributed by atoms with E-state index in [1.165, 1.54) is 0 Å². The van der Waals surface area contributed by atoms with E-state index in [0.717, 1.165) is 64.9 Å². The monoisotopic (exact) mass is 296 g/mol. The fourth-order valence-electron chi connectivity index (χ4n) is 4.20. The Morgan fingerprint density at radius 2 is 1.90 bits per heavy atom. The first kappa shape index (κ1) is 15.3. The van der Waals surface area contributed by atoms with Crippen LogP contribution >= 0.6 is 0 Å². The molecule has 3 rings (SSSR count). The van der Waals surface area contributed by atoms with Gasteiger partial charge >= 0.3 is 0 Å². The van der Waals surface area contributed by atoms with E-state index in [-0.39, 0.29) is 23.5 Å². The molecule has 120 valence electrons. The van der Waals surface area contributed by atoms with E-state index in [0.29, 0.717) is 6.54 Å². The molecular weight excluding hydrogens is 268 g/mol. The number of carbonyl (C=O) groups is 1. The van der Waals surface area contributed by atoms with Crippen molar-refractivity contribution in [1.29, 1.82) is 0 Å². The first-order chi connectivity index (χ1) is 10.2. The summed E-state index contributed by atoms with van der Waals surface area (Å²) in [5.74, 6) is 0.277. The van der Waals surface area contributed by atoms with Gasteiger partial charge in [0.15, 0.2) is 0 Å². The second-order valence-corrected chi connectivity index (χ2v) is 6.79. The summed E-state index contributed by atoms with van der Waals surface area (Å²) in [4.78, 5) is 16.4. The predicted octanol–water partition coefficient (Wildman–Crippen LogP) is 0.861. The van der Waals surface area contributed by atoms with Crippen LogP contribution in [-0.2, 0) is 9.53 Å². The number of hydrogen-bond donors (Lipinski definition) is 1. The van der Waals surface area contributed by atoms with Gasteiger partial charge in [-0.15, -0.1) is 0 Å². The van der Waals surface area contributed by atoms with Crippen LogP contribution in [0.15, 0.2) is 0 Å². The van der Waals surface area contributed by atoms with Crippen molar-refractivity contribution >= 4 is 5.91 Å². The Balaban J connectivity index is 1.49. The lowest BCUT2D eigenvalue weighted by Crippen LogP contribution is -2.62. The number of rotatable bonds is 4. The van der Waals surface area contributed by atoms with E-state index in [4.69, 9.17) is 4.74 Å². The van der Waals surface area contributed by atoms with Crippen LogP contribution in [0.1, 0.15) is 39.0 Å². The zero-order valence-electron chi connectivity index (χ0n) is 13.1. The van der Waals surface area contributed by atoms with Gasteiger partial charge in [0, 0.05) is 31.5 Å². The van der Waals surface area contributed by atoms with Crippen molar-refractivity contribution in [3.05, 3.63) is 0 Å². The van der Waals surface area contributed by atoms with Gasteiger partial charge in [-0.2, -0.15) is 0 Å². The summed E-state index contributed by atoms with van der Waals surface area (Å²) < 4.78 is 5.79. The minimum Gasteiger partial charge on any atom is -0.392 e. The molecule has 0 bridgehead atoms. The number of ether oxygens (including phenoxy) is 1. The lowest BCUT2D eigenvalue weighted by Gasteiger charge is -2.56. The SMILES string of the molecule is CCO[C@@H]1C[C@@H](O)C12CCN(CC(=O)N1CCCC1)CC2. The first-order valence-electron chi connectivity index (χ1n) is 8.45. The highest BCUT2D eigenvalue weighted by molar-refractivity contribution is 5.78. The van der Waals surface area contributed by atoms with Crippen LogP contribution in [0.2, 0.25) is 0 Å². The molecule has 0 unspecified atom stereocenters. The Hall–Kier alpha value is -0.650. The van der Waals surface area contributed by atoms with Crippen LogP contribution in [0.5, 0.6) is 0 Å². The number of nitrogens with zero attached hydrogens (tertiary/aromatic N) is 2. The Bertz CT molecular complexity index is 372. The zero-order chi connectivity index (χ0) is 14.9. The summed E-state index contributed by atoms with van der Waals surface area (Å²) in [6, 6.07) is 0. The summed E-state index contributed by atoms with van der Waals surface area (Å²) in [5, 5.41) is 10.2. The van der Waals surface area contributed by atoms with E-state index >= 15 is 0 Å². The van der Waals surface area contributed by atoms with Crippen molar-refractivity contribution < 1.29 is 14.6 Å². The van der Waals surface area contributed by atoms with Crippen LogP contribution in [0.3, 0.4) is 0 Å². The molecule has 2 heterocycles. The number of aliphatic hydroxyl groups is 1. The number of piperidine rings is 1. The molecule has 0 aromatic rings. The van der Waals surface area contributed by atoms with Gasteiger partial charge in [0.2, 0.25) is 5.91 Å². The quantitative estimate of drug-likeness (QED) is 0.836. The number of carbonyl (C=O) groups excluding carboxylic acids is 1. The van der Waals surface area contributed by atoms with Crippen molar-refractivity contribution in [3.8, 4) is 0 Å². The minimum absolute atomic E-state index is 0.0385. The van der Waals surface area contributed by atoms with Crippen molar-refractivity contribution in [2.24, 2.45) is 5.41 Å². The molecule has 2 atom stereocenters. The minimum atomic E-state index is -0.217. The van der Waals surface area contributed by atoms with Gasteiger partial charge in [-0.25, -0.2) is 0 Å². The van der Waals surface area contributed by atoms with Gasteiger partial charge in [0.05, 0.1) is 18.8 Å². The second-order valence-electron chi connectivity index (χ2n) is 6.79. The maximum absolute atomic E-state index is 12.2. The van der Waals surface area contributed by atoms with Crippen LogP contribution in [0, 0.1) is 5.41 Å². The molecule has 3 fully saturated rings. The highest BCUT2D eigenvalue weighted by Gasteiger charge is 2.56. The molecule has 2 saturated heterocycles. The number of hydrogen-bond acceptors (Lipinski definition) is 4. The van der Waals surface area contributed by atoms with E-state index in [1.54, 1.807) is 0 Å². The maximum Gasteiger partial charge on any atom is 0.236 e. The highest BCUT2D eigenvalue weighted by Crippen LogP contribution is 2.50. The van der Waals surface area contributed by atoms with Crippen LogP contribution < -0.4 is 0 Å². The number of amides is 1. The van der Waals surface area contributed by atoms with E-state index < -0.39 is 0 Å². The third-order valence-electron chi connectivity index (χ3n) is 5.71. The topological polar surface area (TPSA) is 53.0 Å². The maximum atomic E-state index is 12.2. The molecule has 3 aliphatic rings. The third kappa shape index (κ3) is 2.83. The molecule has 0 aromatic carbocycles. The summed E-state index contributed by atoms with van der Waals surface area (Å²) in [5.41, 5.74) is -0.0385. The second kappa shape index (κ2) is 6.23. The Kier molecular flexibility index (Phi) is 4.52. The molecule has 0 aromatic heterocycles. The van der Waals surface area contributed by atoms with E-state index in [9.17, 15) is 9.90 Å². The van der Waals surface area contributed by atoms with E-state index in [2.05, 4.69) is 4.90 Å². The van der Waals surface area contributed by atoms with Crippen molar-refractivity contribution in [3.63, 3.8) is 0 Å². The molecule has 1 spiro atoms. The Labute approximate surface area is 127 Å². The Morgan fingerprint density at radius 1 is 1.24 bits per heavy atom. The number of likely N-dealkylation sites (tertiary alicyclic amines) is 2. The summed E-state index contributed by atoms with van der Waals surface area (Å²) in [6.07, 6.45) is 4.98. The molecule has 5 nitrogen and oxygen atoms in total. The van der Waals surface area contributed by atoms with Crippen LogP contribution in [0.25, 0.3) is 0 Å². The van der Waals surface area contributed by atoms with Gasteiger partial charge in [0.1, 0.15) is 0 Å². The normalized spacial score (nSPS) is 32.4. The predicted molar refractivity (Wildman–Crippen MR) is 80.0 cm³/mol. The van der Waals surface area contributed by atoms with Gasteiger partial charge in [-0.1, -0.05) is 0 Å². The third-order valence-corrected chi connectivity index (χ3v) is 5.71. The van der Waals surface area contributed by atoms with Crippen LogP contribution in [-0.4, -0.2) is 72.4 Å². The lowest BCUT2D eigenvalue weighted by molar-refractivity contribution is -0.209. The fraction of sp³-hybridized carbons (Fsp3) is 0.938. The molecule has 5 heteroatoms. The van der Waals surface area contributed by atoms with Gasteiger partial charge in [-0.3, -0.25) is 9.69 Å². The lowest BCUT2D eigenvalue weighted by atomic mass is 9.58. The molecule has 1 N–H and O–H groups in total. The highest BCUT2D eigenvalue weighted by atomic mass is 16.5. The molecule has 1 amide bonds. The Morgan fingerprint density at radius 3 is 2.48 bits per heavy atom. The smallest absolute Gasteiger partial charge is 0.236 e. The largest absolute Gasteiger partial charge is 0.392 e. The van der Waals surface area contributed by atoms with Crippen molar-refractivity contribution in [1.82, 2.24) is 9.80 Å². The average molecular weight is 296 g/mol. The molecule has 21 heavy (non-hydrogen) atoms. The fourth-order valence-corrected chi connectivity index (χ4v) is 4.20. The van der Waals surface area contributed by atoms with Crippen molar-refractivity contribution in [2.45, 2.75) is 51.2 Å². The molecule has 0 radical (unpaired) electrons. The summed E-state index contributed by atoms with van der Waals surface area (Å²) >= 11 is 0. The number of aliphatic hydroxyl groups excluding tert-OH is 1. The molecule has 2 aliphatic heterocycles. The summed E-state index contributed by atoms with van der Waals surface area (Å²) in [7, 11) is 0. The molecule has 1 saturated carbocycles. The average Bonchev–Trinajstić information content (AvgIpc) is 3.02. The molecule has 1 aliphatic carbocycles. The van der Waals surface area contributed by atoms with Crippen molar-refractivity contribution in [2.75, 3.05) is 39.3 Å². The first-order valence-corrected chi connectivity index (χ1v) is 8.45. The van der Waals surface area contributed by atoms with Gasteiger partial charge in [-0.05, 0) is 45.7 Å². The summed E-state index contributed by atoms with van der Waals surface area (Å²) in [6.45, 7) is 6.95. The molecular formula is C16H28N2O3. The van der Waals surface area contributed by atoms with E-state index in [1.807, 2.05) is 11.8 Å². The van der Waals surface area contributed by atoms with Gasteiger partial charge < -0.3 is 14.7 Å². The standard InChI is InChI=1S/C16H28N2O3/c1-2-21-14-11-13(19)16(14)5-9-17(10-6-16)12-15(20)18-7-3-4-8-18/h13-14,19H,2-12H2,1H3/t13-,14-/m1/s1. The van der Waals surface area contributed by atoms with Crippen LogP contribution in [0.4, 0.5) is 0 Å². The zero-order valence-corrected chi connectivity index (χ0v) is 13.1. The van der Waals surface area contributed by atoms with Gasteiger partial charge in [0.25, 0.3) is 0 Å².